The normalized spacial score (nSPS) is 11.2. The van der Waals surface area contributed by atoms with E-state index in [1.165, 1.54) is 0 Å². The summed E-state index contributed by atoms with van der Waals surface area (Å²) < 4.78 is 0. The predicted molar refractivity (Wildman–Crippen MR) is 78.0 cm³/mol. The van der Waals surface area contributed by atoms with Gasteiger partial charge in [0, 0.05) is 17.3 Å². The van der Waals surface area contributed by atoms with E-state index in [0.29, 0.717) is 0 Å². The summed E-state index contributed by atoms with van der Waals surface area (Å²) in [5.74, 6) is 0.723. The number of aromatic amines is 2. The van der Waals surface area contributed by atoms with Crippen molar-refractivity contribution in [3.8, 4) is 0 Å². The monoisotopic (exact) mass is 264 g/mol. The summed E-state index contributed by atoms with van der Waals surface area (Å²) in [6.07, 6.45) is 1.76. The molecule has 3 heterocycles. The third-order valence-corrected chi connectivity index (χ3v) is 3.34. The van der Waals surface area contributed by atoms with E-state index in [1.54, 1.807) is 6.20 Å². The van der Waals surface area contributed by atoms with Crippen molar-refractivity contribution in [3.63, 3.8) is 0 Å². The fourth-order valence-corrected chi connectivity index (χ4v) is 2.30. The van der Waals surface area contributed by atoms with E-state index in [9.17, 15) is 0 Å². The zero-order valence-corrected chi connectivity index (χ0v) is 10.8. The second-order valence-corrected chi connectivity index (χ2v) is 4.67. The van der Waals surface area contributed by atoms with Crippen LogP contribution >= 0.6 is 0 Å². The minimum atomic E-state index is 0.723. The van der Waals surface area contributed by atoms with Gasteiger partial charge in [-0.3, -0.25) is 15.2 Å². The van der Waals surface area contributed by atoms with Gasteiger partial charge in [0.15, 0.2) is 5.82 Å². The van der Waals surface area contributed by atoms with Crippen LogP contribution in [0, 0.1) is 6.92 Å². The first-order valence-electron chi connectivity index (χ1n) is 6.32. The number of anilines is 2. The van der Waals surface area contributed by atoms with E-state index < -0.39 is 0 Å². The Morgan fingerprint density at radius 1 is 1.05 bits per heavy atom. The molecule has 0 bridgehead atoms. The molecule has 3 aromatic heterocycles. The molecular formula is C14H12N6. The van der Waals surface area contributed by atoms with Crippen LogP contribution in [0.1, 0.15) is 5.69 Å². The van der Waals surface area contributed by atoms with Gasteiger partial charge in [0.2, 0.25) is 0 Å². The fraction of sp³-hybridized carbons (Fsp3) is 0.0714. The number of hydrogen-bond donors (Lipinski definition) is 3. The Bertz CT molecular complexity index is 904. The van der Waals surface area contributed by atoms with Crippen molar-refractivity contribution < 1.29 is 0 Å². The van der Waals surface area contributed by atoms with Crippen LogP contribution in [-0.2, 0) is 0 Å². The highest BCUT2D eigenvalue weighted by molar-refractivity contribution is 5.90. The number of rotatable bonds is 2. The van der Waals surface area contributed by atoms with Crippen molar-refractivity contribution in [1.82, 2.24) is 25.4 Å². The van der Waals surface area contributed by atoms with Gasteiger partial charge in [-0.15, -0.1) is 0 Å². The lowest BCUT2D eigenvalue weighted by Crippen LogP contribution is -1.91. The number of nitrogens with one attached hydrogen (secondary N) is 3. The molecule has 1 aromatic carbocycles. The number of H-pyrrole nitrogens is 2. The maximum absolute atomic E-state index is 4.33. The first kappa shape index (κ1) is 11.0. The van der Waals surface area contributed by atoms with Crippen LogP contribution in [0.4, 0.5) is 11.5 Å². The summed E-state index contributed by atoms with van der Waals surface area (Å²) in [6.45, 7) is 1.98. The SMILES string of the molecule is Cc1n[nH]c2ccc(Nc3n[nH]c4cccnc34)cc12. The first-order chi connectivity index (χ1) is 9.81. The summed E-state index contributed by atoms with van der Waals surface area (Å²) in [7, 11) is 0. The minimum absolute atomic E-state index is 0.723. The minimum Gasteiger partial charge on any atom is -0.337 e. The molecule has 3 N–H and O–H groups in total. The Morgan fingerprint density at radius 3 is 2.90 bits per heavy atom. The second-order valence-electron chi connectivity index (χ2n) is 4.67. The first-order valence-corrected chi connectivity index (χ1v) is 6.32. The molecular weight excluding hydrogens is 252 g/mol. The highest BCUT2D eigenvalue weighted by atomic mass is 15.2. The zero-order chi connectivity index (χ0) is 13.5. The van der Waals surface area contributed by atoms with Gasteiger partial charge in [-0.1, -0.05) is 0 Å². The van der Waals surface area contributed by atoms with Gasteiger partial charge in [-0.25, -0.2) is 0 Å². The zero-order valence-electron chi connectivity index (χ0n) is 10.8. The lowest BCUT2D eigenvalue weighted by Gasteiger charge is -2.03. The molecule has 4 aromatic rings. The molecule has 0 aliphatic rings. The molecule has 0 amide bonds. The van der Waals surface area contributed by atoms with Crippen LogP contribution in [0.25, 0.3) is 21.9 Å². The van der Waals surface area contributed by atoms with Gasteiger partial charge in [0.1, 0.15) is 5.52 Å². The average Bonchev–Trinajstić information content (AvgIpc) is 3.05. The second kappa shape index (κ2) is 4.06. The van der Waals surface area contributed by atoms with Crippen molar-refractivity contribution in [2.75, 3.05) is 5.32 Å². The van der Waals surface area contributed by atoms with Crippen molar-refractivity contribution in [3.05, 3.63) is 42.2 Å². The van der Waals surface area contributed by atoms with Crippen molar-refractivity contribution in [1.29, 1.82) is 0 Å². The largest absolute Gasteiger partial charge is 0.337 e. The lowest BCUT2D eigenvalue weighted by molar-refractivity contribution is 1.07. The highest BCUT2D eigenvalue weighted by Crippen LogP contribution is 2.25. The summed E-state index contributed by atoms with van der Waals surface area (Å²) in [5.41, 5.74) is 4.71. The van der Waals surface area contributed by atoms with Crippen LogP contribution in [0.3, 0.4) is 0 Å². The third-order valence-electron chi connectivity index (χ3n) is 3.34. The number of aromatic nitrogens is 5. The Morgan fingerprint density at radius 2 is 1.95 bits per heavy atom. The third kappa shape index (κ3) is 1.62. The number of aryl methyl sites for hydroxylation is 1. The summed E-state index contributed by atoms with van der Waals surface area (Å²) in [5, 5.41) is 18.8. The van der Waals surface area contributed by atoms with Crippen LogP contribution in [0.15, 0.2) is 36.5 Å². The molecule has 6 nitrogen and oxygen atoms in total. The summed E-state index contributed by atoms with van der Waals surface area (Å²) in [4.78, 5) is 4.33. The number of pyridine rings is 1. The molecule has 0 fully saturated rings. The van der Waals surface area contributed by atoms with E-state index in [0.717, 1.165) is 39.1 Å². The molecule has 0 saturated heterocycles. The number of hydrogen-bond acceptors (Lipinski definition) is 4. The number of fused-ring (bicyclic) bond motifs is 2. The Balaban J connectivity index is 1.78. The fourth-order valence-electron chi connectivity index (χ4n) is 2.30. The predicted octanol–water partition coefficient (Wildman–Crippen LogP) is 2.89. The van der Waals surface area contributed by atoms with Crippen molar-refractivity contribution in [2.45, 2.75) is 6.92 Å². The van der Waals surface area contributed by atoms with E-state index in [4.69, 9.17) is 0 Å². The molecule has 0 aliphatic heterocycles. The van der Waals surface area contributed by atoms with Crippen molar-refractivity contribution in [2.24, 2.45) is 0 Å². The quantitative estimate of drug-likeness (QED) is 0.520. The maximum atomic E-state index is 4.33. The summed E-state index contributed by atoms with van der Waals surface area (Å²) in [6, 6.07) is 9.87. The Labute approximate surface area is 114 Å². The maximum Gasteiger partial charge on any atom is 0.178 e. The average molecular weight is 264 g/mol. The van der Waals surface area contributed by atoms with Crippen LogP contribution < -0.4 is 5.32 Å². The summed E-state index contributed by atoms with van der Waals surface area (Å²) >= 11 is 0. The van der Waals surface area contributed by atoms with Crippen LogP contribution in [0.5, 0.6) is 0 Å². The Hall–Kier alpha value is -2.89. The molecule has 0 atom stereocenters. The molecule has 4 rings (SSSR count). The van der Waals surface area contributed by atoms with Crippen LogP contribution in [0.2, 0.25) is 0 Å². The van der Waals surface area contributed by atoms with E-state index in [2.05, 4.69) is 36.8 Å². The molecule has 6 heteroatoms. The van der Waals surface area contributed by atoms with E-state index in [-0.39, 0.29) is 0 Å². The van der Waals surface area contributed by atoms with Gasteiger partial charge < -0.3 is 5.32 Å². The van der Waals surface area contributed by atoms with Crippen LogP contribution in [-0.4, -0.2) is 25.4 Å². The standard InChI is InChI=1S/C14H12N6/c1-8-10-7-9(4-5-11(10)18-17-8)16-14-13-12(19-20-14)3-2-6-15-13/h2-7H,1H3,(H,17,18)(H2,16,19,20). The number of nitrogens with zero attached hydrogens (tertiary/aromatic N) is 3. The van der Waals surface area contributed by atoms with Gasteiger partial charge in [-0.2, -0.15) is 10.2 Å². The molecule has 98 valence electrons. The van der Waals surface area contributed by atoms with Gasteiger partial charge in [-0.05, 0) is 37.3 Å². The molecule has 0 spiro atoms. The molecule has 0 unspecified atom stereocenters. The molecule has 20 heavy (non-hydrogen) atoms. The lowest BCUT2D eigenvalue weighted by atomic mass is 10.2. The molecule has 0 saturated carbocycles. The molecule has 0 radical (unpaired) electrons. The Kier molecular flexibility index (Phi) is 2.23. The van der Waals surface area contributed by atoms with E-state index >= 15 is 0 Å². The van der Waals surface area contributed by atoms with Gasteiger partial charge in [0.25, 0.3) is 0 Å². The van der Waals surface area contributed by atoms with Gasteiger partial charge >= 0.3 is 0 Å². The van der Waals surface area contributed by atoms with E-state index in [1.807, 2.05) is 31.2 Å². The van der Waals surface area contributed by atoms with Gasteiger partial charge in [0.05, 0.1) is 16.7 Å². The number of benzene rings is 1. The van der Waals surface area contributed by atoms with Crippen molar-refractivity contribution >= 4 is 33.4 Å². The smallest absolute Gasteiger partial charge is 0.178 e. The highest BCUT2D eigenvalue weighted by Gasteiger charge is 2.08. The molecule has 0 aliphatic carbocycles. The topological polar surface area (TPSA) is 82.3 Å².